The third-order valence-corrected chi connectivity index (χ3v) is 7.94. The molecule has 1 N–H and O–H groups in total. The minimum Gasteiger partial charge on any atom is -0.481 e. The molecule has 3 aliphatic heterocycles. The van der Waals surface area contributed by atoms with Crippen LogP contribution in [0.2, 0.25) is 0 Å². The molecule has 1 unspecified atom stereocenters. The first-order valence-electron chi connectivity index (χ1n) is 12.9. The van der Waals surface area contributed by atoms with E-state index < -0.39 is 54.0 Å². The zero-order chi connectivity index (χ0) is 28.7. The Bertz CT molecular complexity index is 1260. The van der Waals surface area contributed by atoms with Gasteiger partial charge in [0.25, 0.3) is 0 Å². The summed E-state index contributed by atoms with van der Waals surface area (Å²) in [6.07, 6.45) is -10.2. The molecule has 0 aliphatic carbocycles. The molecule has 10 heteroatoms. The lowest BCUT2D eigenvalue weighted by atomic mass is 9.68. The number of rotatable bonds is 7. The molecule has 3 aromatic rings. The fourth-order valence-electron chi connectivity index (χ4n) is 6.21. The van der Waals surface area contributed by atoms with Gasteiger partial charge in [-0.2, -0.15) is 26.3 Å². The topological polar surface area (TPSA) is 49.8 Å². The number of ether oxygens (including phenoxy) is 1. The molecule has 5 atom stereocenters. The summed E-state index contributed by atoms with van der Waals surface area (Å²) in [4.78, 5) is 14.2. The van der Waals surface area contributed by atoms with E-state index in [1.165, 1.54) is 0 Å². The van der Waals surface area contributed by atoms with Crippen LogP contribution in [-0.2, 0) is 28.5 Å². The van der Waals surface area contributed by atoms with Crippen LogP contribution in [0.5, 0.6) is 0 Å². The standard InChI is InChI=1S/C30H27F6NO3/c31-29(32,33)21-13-18(14-22(15-21)30(34,35)36)17-40-27-23-11-12-37(16-24(23)28(38)39)26(27)25(19-7-3-1-4-8-19)20-9-5-2-6-10-20/h1-10,13-15,23-27H,11-12,16-17H2,(H,38,39)/t23-,24-,26+,27+/m1/s1. The van der Waals surface area contributed by atoms with Gasteiger partial charge in [0.2, 0.25) is 0 Å². The Morgan fingerprint density at radius 2 is 1.40 bits per heavy atom. The molecule has 4 nitrogen and oxygen atoms in total. The Balaban J connectivity index is 1.55. The van der Waals surface area contributed by atoms with Gasteiger partial charge in [0.1, 0.15) is 0 Å². The first-order chi connectivity index (χ1) is 18.9. The molecule has 3 heterocycles. The summed E-state index contributed by atoms with van der Waals surface area (Å²) >= 11 is 0. The number of halogens is 6. The van der Waals surface area contributed by atoms with E-state index >= 15 is 0 Å². The van der Waals surface area contributed by atoms with Gasteiger partial charge in [-0.15, -0.1) is 0 Å². The van der Waals surface area contributed by atoms with Crippen LogP contribution in [-0.4, -0.2) is 41.2 Å². The van der Waals surface area contributed by atoms with Gasteiger partial charge in [-0.1, -0.05) is 60.7 Å². The first kappa shape index (κ1) is 28.2. The van der Waals surface area contributed by atoms with Crippen molar-refractivity contribution in [2.45, 2.75) is 43.4 Å². The molecule has 212 valence electrons. The summed E-state index contributed by atoms with van der Waals surface area (Å²) in [5.41, 5.74) is -1.21. The lowest BCUT2D eigenvalue weighted by Crippen LogP contribution is -2.65. The van der Waals surface area contributed by atoms with Crippen LogP contribution in [0.1, 0.15) is 40.2 Å². The Morgan fingerprint density at radius 1 is 0.875 bits per heavy atom. The summed E-state index contributed by atoms with van der Waals surface area (Å²) < 4.78 is 87.0. The van der Waals surface area contributed by atoms with Gasteiger partial charge in [0.15, 0.2) is 0 Å². The number of piperidine rings is 3. The third kappa shape index (κ3) is 5.74. The molecule has 3 aliphatic rings. The van der Waals surface area contributed by atoms with Gasteiger partial charge >= 0.3 is 18.3 Å². The maximum Gasteiger partial charge on any atom is 0.416 e. The number of alkyl halides is 6. The molecular weight excluding hydrogens is 536 g/mol. The molecule has 0 radical (unpaired) electrons. The van der Waals surface area contributed by atoms with E-state index in [4.69, 9.17) is 4.74 Å². The number of aliphatic carboxylic acids is 1. The van der Waals surface area contributed by atoms with Crippen LogP contribution >= 0.6 is 0 Å². The van der Waals surface area contributed by atoms with Crippen molar-refractivity contribution in [3.05, 3.63) is 107 Å². The highest BCUT2D eigenvalue weighted by Crippen LogP contribution is 2.46. The van der Waals surface area contributed by atoms with Crippen LogP contribution in [0.3, 0.4) is 0 Å². The maximum absolute atomic E-state index is 13.5. The van der Waals surface area contributed by atoms with Crippen molar-refractivity contribution < 1.29 is 41.0 Å². The van der Waals surface area contributed by atoms with Crippen molar-refractivity contribution in [3.8, 4) is 0 Å². The van der Waals surface area contributed by atoms with E-state index in [9.17, 15) is 36.2 Å². The molecule has 40 heavy (non-hydrogen) atoms. The largest absolute Gasteiger partial charge is 0.481 e. The number of fused-ring (bicyclic) bond motifs is 3. The Hall–Kier alpha value is -3.37. The summed E-state index contributed by atoms with van der Waals surface area (Å²) in [6, 6.07) is 20.1. The lowest BCUT2D eigenvalue weighted by molar-refractivity contribution is -0.172. The molecule has 3 saturated heterocycles. The smallest absolute Gasteiger partial charge is 0.416 e. The lowest BCUT2D eigenvalue weighted by Gasteiger charge is -2.55. The van der Waals surface area contributed by atoms with E-state index in [0.29, 0.717) is 25.1 Å². The highest BCUT2D eigenvalue weighted by Gasteiger charge is 2.53. The van der Waals surface area contributed by atoms with Gasteiger partial charge < -0.3 is 9.84 Å². The second-order valence-electron chi connectivity index (χ2n) is 10.4. The highest BCUT2D eigenvalue weighted by molar-refractivity contribution is 5.71. The van der Waals surface area contributed by atoms with Crippen molar-refractivity contribution >= 4 is 5.97 Å². The van der Waals surface area contributed by atoms with Crippen molar-refractivity contribution in [2.75, 3.05) is 13.1 Å². The molecule has 6 rings (SSSR count). The second kappa shape index (κ2) is 10.9. The monoisotopic (exact) mass is 563 g/mol. The quantitative estimate of drug-likeness (QED) is 0.320. The van der Waals surface area contributed by atoms with Crippen LogP contribution in [0.4, 0.5) is 26.3 Å². The van der Waals surface area contributed by atoms with Gasteiger partial charge in [0.05, 0.1) is 29.8 Å². The van der Waals surface area contributed by atoms with Gasteiger partial charge in [-0.3, -0.25) is 9.69 Å². The molecular formula is C30H27F6NO3. The minimum absolute atomic E-state index is 0.0852. The molecule has 0 spiro atoms. The number of benzene rings is 3. The molecule has 0 aromatic heterocycles. The van der Waals surface area contributed by atoms with Gasteiger partial charge in [-0.25, -0.2) is 0 Å². The summed E-state index contributed by atoms with van der Waals surface area (Å²) in [5.74, 6) is -2.50. The fourth-order valence-corrected chi connectivity index (χ4v) is 6.21. The summed E-state index contributed by atoms with van der Waals surface area (Å²) in [6.45, 7) is 0.362. The number of nitrogens with zero attached hydrogens (tertiary/aromatic N) is 1. The van der Waals surface area contributed by atoms with E-state index in [0.717, 1.165) is 11.1 Å². The van der Waals surface area contributed by atoms with Gasteiger partial charge in [0, 0.05) is 24.4 Å². The Labute approximate surface area is 227 Å². The van der Waals surface area contributed by atoms with Crippen LogP contribution < -0.4 is 0 Å². The van der Waals surface area contributed by atoms with E-state index in [1.54, 1.807) is 0 Å². The summed E-state index contributed by atoms with van der Waals surface area (Å²) in [7, 11) is 0. The Kier molecular flexibility index (Phi) is 7.67. The zero-order valence-electron chi connectivity index (χ0n) is 21.2. The van der Waals surface area contributed by atoms with Crippen LogP contribution in [0, 0.1) is 11.8 Å². The van der Waals surface area contributed by atoms with Crippen molar-refractivity contribution in [3.63, 3.8) is 0 Å². The molecule has 2 bridgehead atoms. The minimum atomic E-state index is -4.98. The second-order valence-corrected chi connectivity index (χ2v) is 10.4. The number of hydrogen-bond donors (Lipinski definition) is 1. The SMILES string of the molecule is O=C(O)[C@@H]1CN2CC[C@H]1[C@H](OCc1cc(C(F)(F)F)cc(C(F)(F)F)c1)[C@@H]2C(c1ccccc1)c1ccccc1. The average molecular weight is 564 g/mol. The number of carboxylic acids is 1. The average Bonchev–Trinajstić information content (AvgIpc) is 2.93. The van der Waals surface area contributed by atoms with Crippen LogP contribution in [0.15, 0.2) is 78.9 Å². The van der Waals surface area contributed by atoms with Crippen LogP contribution in [0.25, 0.3) is 0 Å². The molecule has 0 saturated carbocycles. The molecule has 0 amide bonds. The predicted octanol–water partition coefficient (Wildman–Crippen LogP) is 6.85. The zero-order valence-corrected chi connectivity index (χ0v) is 21.2. The van der Waals surface area contributed by atoms with E-state index in [2.05, 4.69) is 0 Å². The molecule has 3 fully saturated rings. The normalized spacial score (nSPS) is 24.8. The highest BCUT2D eigenvalue weighted by atomic mass is 19.4. The Morgan fingerprint density at radius 3 is 1.88 bits per heavy atom. The van der Waals surface area contributed by atoms with E-state index in [1.807, 2.05) is 65.6 Å². The first-order valence-corrected chi connectivity index (χ1v) is 12.9. The van der Waals surface area contributed by atoms with Gasteiger partial charge in [-0.05, 0) is 47.9 Å². The third-order valence-electron chi connectivity index (χ3n) is 7.94. The van der Waals surface area contributed by atoms with E-state index in [-0.39, 0.29) is 30.1 Å². The van der Waals surface area contributed by atoms with Crippen molar-refractivity contribution in [1.82, 2.24) is 4.90 Å². The van der Waals surface area contributed by atoms with Crippen molar-refractivity contribution in [1.29, 1.82) is 0 Å². The predicted molar refractivity (Wildman–Crippen MR) is 134 cm³/mol. The number of hydrogen-bond acceptors (Lipinski definition) is 3. The fraction of sp³-hybridized carbons (Fsp3) is 0.367. The van der Waals surface area contributed by atoms with Crippen molar-refractivity contribution in [2.24, 2.45) is 11.8 Å². The molecule has 3 aromatic carbocycles. The number of carboxylic acid groups (broad SMARTS) is 1. The summed E-state index contributed by atoms with van der Waals surface area (Å²) in [5, 5.41) is 9.94. The maximum atomic E-state index is 13.5. The number of carbonyl (C=O) groups is 1.